The maximum Gasteiger partial charge on any atom is 0.234 e. The third kappa shape index (κ3) is 4.23. The second-order valence-electron chi connectivity index (χ2n) is 6.17. The normalized spacial score (nSPS) is 10.9. The predicted octanol–water partition coefficient (Wildman–Crippen LogP) is 4.62. The minimum absolute atomic E-state index is 0.105. The van der Waals surface area contributed by atoms with Crippen molar-refractivity contribution in [3.05, 3.63) is 34.5 Å². The fraction of sp³-hybridized carbons (Fsp3) is 0.350. The Balaban J connectivity index is 1.76. The molecule has 0 unspecified atom stereocenters. The van der Waals surface area contributed by atoms with Crippen molar-refractivity contribution in [2.45, 2.75) is 32.2 Å². The second kappa shape index (κ2) is 8.79. The molecule has 28 heavy (non-hydrogen) atoms. The molecule has 0 aliphatic heterocycles. The van der Waals surface area contributed by atoms with E-state index in [1.54, 1.807) is 43.8 Å². The Kier molecular flexibility index (Phi) is 6.41. The highest BCUT2D eigenvalue weighted by molar-refractivity contribution is 8.00. The lowest BCUT2D eigenvalue weighted by Gasteiger charge is -2.11. The highest BCUT2D eigenvalue weighted by atomic mass is 32.2. The standard InChI is InChI=1S/C20H23N3O3S2/c1-6-16-22-19(18-11(2)12(3)28-20(18)23-16)27-10-17(24)21-13-7-8-14(25-4)15(9-13)26-5/h7-9H,6,10H2,1-5H3,(H,21,24). The summed E-state index contributed by atoms with van der Waals surface area (Å²) >= 11 is 3.12. The van der Waals surface area contributed by atoms with Crippen LogP contribution in [0.3, 0.4) is 0 Å². The van der Waals surface area contributed by atoms with Crippen molar-refractivity contribution in [1.29, 1.82) is 0 Å². The average molecular weight is 418 g/mol. The van der Waals surface area contributed by atoms with Crippen molar-refractivity contribution < 1.29 is 14.3 Å². The number of rotatable bonds is 7. The lowest BCUT2D eigenvalue weighted by Crippen LogP contribution is -2.14. The van der Waals surface area contributed by atoms with E-state index in [0.717, 1.165) is 27.5 Å². The van der Waals surface area contributed by atoms with Gasteiger partial charge in [-0.2, -0.15) is 0 Å². The number of nitrogens with zero attached hydrogens (tertiary/aromatic N) is 2. The summed E-state index contributed by atoms with van der Waals surface area (Å²) in [5.41, 5.74) is 1.85. The van der Waals surface area contributed by atoms with Crippen molar-refractivity contribution in [1.82, 2.24) is 9.97 Å². The number of ether oxygens (including phenoxy) is 2. The van der Waals surface area contributed by atoms with Gasteiger partial charge in [-0.15, -0.1) is 11.3 Å². The molecule has 6 nitrogen and oxygen atoms in total. The molecule has 1 aromatic carbocycles. The molecule has 3 aromatic rings. The lowest BCUT2D eigenvalue weighted by atomic mass is 10.2. The Hall–Kier alpha value is -2.32. The number of aromatic nitrogens is 2. The molecule has 1 amide bonds. The van der Waals surface area contributed by atoms with Gasteiger partial charge in [0.15, 0.2) is 11.5 Å². The number of hydrogen-bond acceptors (Lipinski definition) is 7. The van der Waals surface area contributed by atoms with Crippen LogP contribution in [0.5, 0.6) is 11.5 Å². The number of benzene rings is 1. The molecule has 148 valence electrons. The van der Waals surface area contributed by atoms with E-state index in [4.69, 9.17) is 9.47 Å². The summed E-state index contributed by atoms with van der Waals surface area (Å²) in [4.78, 5) is 24.0. The fourth-order valence-corrected chi connectivity index (χ4v) is 4.78. The van der Waals surface area contributed by atoms with Crippen molar-refractivity contribution in [2.24, 2.45) is 0 Å². The van der Waals surface area contributed by atoms with Crippen molar-refractivity contribution >= 4 is 44.9 Å². The number of amides is 1. The summed E-state index contributed by atoms with van der Waals surface area (Å²) in [6.07, 6.45) is 0.761. The van der Waals surface area contributed by atoms with Gasteiger partial charge in [0, 0.05) is 28.4 Å². The van der Waals surface area contributed by atoms with Crippen LogP contribution in [0.2, 0.25) is 0 Å². The number of carbonyl (C=O) groups excluding carboxylic acids is 1. The molecule has 0 aliphatic carbocycles. The lowest BCUT2D eigenvalue weighted by molar-refractivity contribution is -0.113. The van der Waals surface area contributed by atoms with Crippen LogP contribution in [0.25, 0.3) is 10.2 Å². The minimum Gasteiger partial charge on any atom is -0.493 e. The summed E-state index contributed by atoms with van der Waals surface area (Å²) in [5, 5.41) is 4.82. The van der Waals surface area contributed by atoms with Gasteiger partial charge in [-0.1, -0.05) is 18.7 Å². The summed E-state index contributed by atoms with van der Waals surface area (Å²) in [5.74, 6) is 2.15. The van der Waals surface area contributed by atoms with Gasteiger partial charge in [-0.25, -0.2) is 9.97 Å². The number of carbonyl (C=O) groups is 1. The minimum atomic E-state index is -0.105. The van der Waals surface area contributed by atoms with Crippen LogP contribution in [0, 0.1) is 13.8 Å². The number of anilines is 1. The first-order chi connectivity index (χ1) is 13.5. The smallest absolute Gasteiger partial charge is 0.234 e. The molecule has 3 rings (SSSR count). The maximum absolute atomic E-state index is 12.5. The quantitative estimate of drug-likeness (QED) is 0.447. The Bertz CT molecular complexity index is 1020. The highest BCUT2D eigenvalue weighted by Gasteiger charge is 2.16. The van der Waals surface area contributed by atoms with Crippen molar-refractivity contribution in [3.8, 4) is 11.5 Å². The van der Waals surface area contributed by atoms with E-state index in [0.29, 0.717) is 17.2 Å². The van der Waals surface area contributed by atoms with E-state index in [9.17, 15) is 4.79 Å². The van der Waals surface area contributed by atoms with Crippen LogP contribution < -0.4 is 14.8 Å². The molecule has 0 fully saturated rings. The SMILES string of the molecule is CCc1nc(SCC(=O)Nc2ccc(OC)c(OC)c2)c2c(C)c(C)sc2n1. The van der Waals surface area contributed by atoms with Crippen LogP contribution >= 0.6 is 23.1 Å². The number of thiophene rings is 1. The Morgan fingerprint density at radius 2 is 1.93 bits per heavy atom. The van der Waals surface area contributed by atoms with Crippen LogP contribution in [0.4, 0.5) is 5.69 Å². The number of methoxy groups -OCH3 is 2. The largest absolute Gasteiger partial charge is 0.493 e. The predicted molar refractivity (Wildman–Crippen MR) is 115 cm³/mol. The van der Waals surface area contributed by atoms with E-state index >= 15 is 0 Å². The molecule has 0 radical (unpaired) electrons. The molecule has 8 heteroatoms. The first-order valence-electron chi connectivity index (χ1n) is 8.88. The molecule has 0 aliphatic rings. The summed E-state index contributed by atoms with van der Waals surface area (Å²) in [6, 6.07) is 5.29. The van der Waals surface area contributed by atoms with Gasteiger partial charge in [0.2, 0.25) is 5.91 Å². The Morgan fingerprint density at radius 3 is 2.61 bits per heavy atom. The van der Waals surface area contributed by atoms with E-state index in [2.05, 4.69) is 29.1 Å². The van der Waals surface area contributed by atoms with Gasteiger partial charge < -0.3 is 14.8 Å². The number of fused-ring (bicyclic) bond motifs is 1. The van der Waals surface area contributed by atoms with Gasteiger partial charge in [-0.3, -0.25) is 4.79 Å². The Morgan fingerprint density at radius 1 is 1.18 bits per heavy atom. The van der Waals surface area contributed by atoms with E-state index in [1.165, 1.54) is 22.2 Å². The molecule has 0 saturated heterocycles. The fourth-order valence-electron chi connectivity index (χ4n) is 2.76. The third-order valence-corrected chi connectivity index (χ3v) is 6.44. The first-order valence-corrected chi connectivity index (χ1v) is 10.7. The number of hydrogen-bond donors (Lipinski definition) is 1. The van der Waals surface area contributed by atoms with Crippen molar-refractivity contribution in [2.75, 3.05) is 25.3 Å². The molecule has 1 N–H and O–H groups in total. The molecule has 2 heterocycles. The van der Waals surface area contributed by atoms with Crippen molar-refractivity contribution in [3.63, 3.8) is 0 Å². The highest BCUT2D eigenvalue weighted by Crippen LogP contribution is 2.35. The second-order valence-corrected chi connectivity index (χ2v) is 8.34. The van der Waals surface area contributed by atoms with Crippen LogP contribution in [-0.4, -0.2) is 35.8 Å². The number of thioether (sulfide) groups is 1. The molecule has 0 spiro atoms. The summed E-state index contributed by atoms with van der Waals surface area (Å²) in [6.45, 7) is 6.20. The zero-order valence-corrected chi connectivity index (χ0v) is 18.2. The summed E-state index contributed by atoms with van der Waals surface area (Å²) in [7, 11) is 3.14. The topological polar surface area (TPSA) is 73.3 Å². The van der Waals surface area contributed by atoms with Crippen LogP contribution in [0.1, 0.15) is 23.2 Å². The molecule has 0 saturated carbocycles. The molecular formula is C20H23N3O3S2. The van der Waals surface area contributed by atoms with E-state index in [-0.39, 0.29) is 11.7 Å². The maximum atomic E-state index is 12.5. The Labute approximate surface area is 172 Å². The van der Waals surface area contributed by atoms with E-state index in [1.807, 2.05) is 6.92 Å². The van der Waals surface area contributed by atoms with Crippen LogP contribution in [0.15, 0.2) is 23.2 Å². The molecule has 0 atom stereocenters. The van der Waals surface area contributed by atoms with Gasteiger partial charge in [0.1, 0.15) is 15.7 Å². The van der Waals surface area contributed by atoms with Gasteiger partial charge >= 0.3 is 0 Å². The van der Waals surface area contributed by atoms with Gasteiger partial charge in [0.25, 0.3) is 0 Å². The third-order valence-electron chi connectivity index (χ3n) is 4.37. The number of aryl methyl sites for hydroxylation is 3. The summed E-state index contributed by atoms with van der Waals surface area (Å²) < 4.78 is 10.5. The monoisotopic (exact) mass is 417 g/mol. The van der Waals surface area contributed by atoms with E-state index < -0.39 is 0 Å². The average Bonchev–Trinajstić information content (AvgIpc) is 2.99. The van der Waals surface area contributed by atoms with Gasteiger partial charge in [-0.05, 0) is 31.5 Å². The first kappa shape index (κ1) is 20.4. The molecular weight excluding hydrogens is 394 g/mol. The zero-order chi connectivity index (χ0) is 20.3. The van der Waals surface area contributed by atoms with Crippen LogP contribution in [-0.2, 0) is 11.2 Å². The zero-order valence-electron chi connectivity index (χ0n) is 16.6. The van der Waals surface area contributed by atoms with Gasteiger partial charge in [0.05, 0.1) is 20.0 Å². The molecule has 0 bridgehead atoms. The number of nitrogens with one attached hydrogen (secondary N) is 1. The molecule has 2 aromatic heterocycles.